The van der Waals surface area contributed by atoms with E-state index in [2.05, 4.69) is 19.9 Å². The molecule has 13 heteroatoms. The van der Waals surface area contributed by atoms with Crippen LogP contribution in [-0.2, 0) is 26.2 Å². The number of primary amides is 1. The van der Waals surface area contributed by atoms with Crippen molar-refractivity contribution in [1.29, 1.82) is 0 Å². The number of carbonyl (C=O) groups excluding carboxylic acids is 1. The van der Waals surface area contributed by atoms with Crippen molar-refractivity contribution in [3.8, 4) is 17.1 Å². The second kappa shape index (κ2) is 9.32. The number of pyridine rings is 1. The fraction of sp³-hybridized carbons (Fsp3) is 0.368. The zero-order valence-electron chi connectivity index (χ0n) is 16.8. The molecule has 0 aliphatic carbocycles. The number of ether oxygens (including phenoxy) is 1. The molecular weight excluding hydrogens is 439 g/mol. The lowest BCUT2D eigenvalue weighted by Gasteiger charge is -2.11. The Morgan fingerprint density at radius 1 is 1.19 bits per heavy atom. The summed E-state index contributed by atoms with van der Waals surface area (Å²) in [6, 6.07) is 5.84. The van der Waals surface area contributed by atoms with Gasteiger partial charge in [-0.3, -0.25) is 14.2 Å². The van der Waals surface area contributed by atoms with E-state index in [1.165, 1.54) is 31.4 Å². The number of amides is 1. The molecule has 172 valence electrons. The Balaban J connectivity index is 0.000000195. The highest BCUT2D eigenvalue weighted by molar-refractivity contribution is 5.91. The van der Waals surface area contributed by atoms with Gasteiger partial charge in [0.05, 0.1) is 5.69 Å². The number of aromatic nitrogens is 5. The molecule has 2 N–H and O–H groups in total. The summed E-state index contributed by atoms with van der Waals surface area (Å²) < 4.78 is 67.4. The van der Waals surface area contributed by atoms with Crippen molar-refractivity contribution in [2.75, 3.05) is 0 Å². The van der Waals surface area contributed by atoms with Gasteiger partial charge in [-0.1, -0.05) is 0 Å². The Hall–Kier alpha value is -3.51. The average Bonchev–Trinajstić information content (AvgIpc) is 3.31. The van der Waals surface area contributed by atoms with Gasteiger partial charge in [-0.15, -0.1) is 0 Å². The van der Waals surface area contributed by atoms with E-state index in [9.17, 15) is 26.7 Å². The molecule has 0 unspecified atom stereocenters. The summed E-state index contributed by atoms with van der Waals surface area (Å²) in [6.07, 6.45) is 0.209. The first-order valence-electron chi connectivity index (χ1n) is 9.43. The number of hydrogen-bond acceptors (Lipinski definition) is 5. The van der Waals surface area contributed by atoms with Gasteiger partial charge in [0.15, 0.2) is 5.69 Å². The highest BCUT2D eigenvalue weighted by Gasteiger charge is 2.35. The fourth-order valence-corrected chi connectivity index (χ4v) is 3.12. The molecule has 0 saturated carbocycles. The molecule has 0 spiro atoms. The van der Waals surface area contributed by atoms with E-state index in [0.29, 0.717) is 6.07 Å². The first-order valence-corrected chi connectivity index (χ1v) is 9.43. The van der Waals surface area contributed by atoms with Crippen LogP contribution in [-0.4, -0.2) is 37.1 Å². The van der Waals surface area contributed by atoms with Crippen molar-refractivity contribution in [3.05, 3.63) is 47.5 Å². The third-order valence-electron chi connectivity index (χ3n) is 4.58. The smallest absolute Gasteiger partial charge is 0.417 e. The Morgan fingerprint density at radius 3 is 2.50 bits per heavy atom. The van der Waals surface area contributed by atoms with E-state index < -0.39 is 24.4 Å². The summed E-state index contributed by atoms with van der Waals surface area (Å²) in [6.45, 7) is -1.95. The molecule has 32 heavy (non-hydrogen) atoms. The molecule has 3 aromatic heterocycles. The topological polar surface area (TPSA) is 101 Å². The number of nitrogens with zero attached hydrogens (tertiary/aromatic N) is 5. The molecule has 0 atom stereocenters. The quantitative estimate of drug-likeness (QED) is 0.604. The Bertz CT molecular complexity index is 1070. The second-order valence-electron chi connectivity index (χ2n) is 6.86. The molecule has 0 radical (unpaired) electrons. The monoisotopic (exact) mass is 458 g/mol. The maximum Gasteiger partial charge on any atom is 0.435 e. The summed E-state index contributed by atoms with van der Waals surface area (Å²) in [7, 11) is 1.22. The molecule has 1 aliphatic heterocycles. The van der Waals surface area contributed by atoms with Crippen LogP contribution >= 0.6 is 0 Å². The lowest BCUT2D eigenvalue weighted by Crippen LogP contribution is -2.15. The van der Waals surface area contributed by atoms with Gasteiger partial charge in [0.2, 0.25) is 5.88 Å². The standard InChI is InChI=1S/C13H13F2N3O.C6H6F3N3O/c14-13(15)19-12-7-9(4-5-16-12)11-8-10-3-1-2-6-18(10)17-11;1-12-3(5(10)13)2-4(11-12)6(7,8)9/h4-5,7-8,13H,1-3,6H2;2H,1H3,(H2,10,13). The minimum atomic E-state index is -4.55. The van der Waals surface area contributed by atoms with Gasteiger partial charge in [0.25, 0.3) is 5.91 Å². The van der Waals surface area contributed by atoms with Gasteiger partial charge in [0, 0.05) is 43.2 Å². The maximum absolute atomic E-state index is 12.2. The van der Waals surface area contributed by atoms with Crippen molar-refractivity contribution < 1.29 is 31.5 Å². The van der Waals surface area contributed by atoms with Crippen LogP contribution in [0.4, 0.5) is 22.0 Å². The lowest BCUT2D eigenvalue weighted by atomic mass is 10.1. The van der Waals surface area contributed by atoms with Crippen molar-refractivity contribution in [3.63, 3.8) is 0 Å². The molecule has 1 amide bonds. The molecule has 0 saturated heterocycles. The maximum atomic E-state index is 12.2. The Kier molecular flexibility index (Phi) is 6.75. The normalized spacial score (nSPS) is 13.3. The van der Waals surface area contributed by atoms with Gasteiger partial charge in [-0.05, 0) is 31.4 Å². The third kappa shape index (κ3) is 5.59. The average molecular weight is 458 g/mol. The number of aryl methyl sites for hydroxylation is 3. The number of halogens is 5. The summed E-state index contributed by atoms with van der Waals surface area (Å²) in [5, 5.41) is 7.58. The highest BCUT2D eigenvalue weighted by atomic mass is 19.4. The largest absolute Gasteiger partial charge is 0.435 e. The van der Waals surface area contributed by atoms with Gasteiger partial charge in [-0.25, -0.2) is 4.98 Å². The van der Waals surface area contributed by atoms with Crippen molar-refractivity contribution in [2.24, 2.45) is 12.8 Å². The number of fused-ring (bicyclic) bond motifs is 1. The van der Waals surface area contributed by atoms with Gasteiger partial charge < -0.3 is 10.5 Å². The van der Waals surface area contributed by atoms with Crippen molar-refractivity contribution in [1.82, 2.24) is 24.5 Å². The number of rotatable bonds is 4. The van der Waals surface area contributed by atoms with Crippen LogP contribution in [0.25, 0.3) is 11.3 Å². The summed E-state index contributed by atoms with van der Waals surface area (Å²) in [5.41, 5.74) is 6.12. The number of alkyl halides is 5. The Morgan fingerprint density at radius 2 is 1.94 bits per heavy atom. The minimum absolute atomic E-state index is 0.0847. The Labute approximate surface area is 178 Å². The predicted octanol–water partition coefficient (Wildman–Crippen LogP) is 3.42. The summed E-state index contributed by atoms with van der Waals surface area (Å²) in [4.78, 5) is 14.3. The van der Waals surface area contributed by atoms with Crippen LogP contribution in [0.1, 0.15) is 34.7 Å². The van der Waals surface area contributed by atoms with E-state index >= 15 is 0 Å². The SMILES string of the molecule is Cn1nc(C(F)(F)F)cc1C(N)=O.FC(F)Oc1cc(-c2cc3n(n2)CCCC3)ccn1. The van der Waals surface area contributed by atoms with E-state index in [4.69, 9.17) is 5.73 Å². The molecule has 4 rings (SSSR count). The van der Waals surface area contributed by atoms with Crippen molar-refractivity contribution in [2.45, 2.75) is 38.6 Å². The highest BCUT2D eigenvalue weighted by Crippen LogP contribution is 2.28. The molecule has 0 bridgehead atoms. The summed E-state index contributed by atoms with van der Waals surface area (Å²) in [5.74, 6) is -1.02. The van der Waals surface area contributed by atoms with Gasteiger partial charge in [-0.2, -0.15) is 32.1 Å². The van der Waals surface area contributed by atoms with Crippen LogP contribution < -0.4 is 10.5 Å². The second-order valence-corrected chi connectivity index (χ2v) is 6.86. The van der Waals surface area contributed by atoms with E-state index in [-0.39, 0.29) is 11.6 Å². The van der Waals surface area contributed by atoms with Crippen LogP contribution in [0.2, 0.25) is 0 Å². The fourth-order valence-electron chi connectivity index (χ4n) is 3.12. The van der Waals surface area contributed by atoms with E-state index in [1.807, 2.05) is 10.7 Å². The molecule has 8 nitrogen and oxygen atoms in total. The van der Waals surface area contributed by atoms with Crippen LogP contribution in [0, 0.1) is 0 Å². The third-order valence-corrected chi connectivity index (χ3v) is 4.58. The predicted molar refractivity (Wildman–Crippen MR) is 102 cm³/mol. The molecule has 0 aromatic carbocycles. The van der Waals surface area contributed by atoms with Crippen LogP contribution in [0.5, 0.6) is 5.88 Å². The minimum Gasteiger partial charge on any atom is -0.417 e. The molecular formula is C19H19F5N6O2. The van der Waals surface area contributed by atoms with Crippen LogP contribution in [0.15, 0.2) is 30.5 Å². The van der Waals surface area contributed by atoms with Gasteiger partial charge >= 0.3 is 12.8 Å². The number of nitrogens with two attached hydrogens (primary N) is 1. The van der Waals surface area contributed by atoms with E-state index in [1.54, 1.807) is 6.07 Å². The van der Waals surface area contributed by atoms with Gasteiger partial charge in [0.1, 0.15) is 5.69 Å². The zero-order valence-corrected chi connectivity index (χ0v) is 16.8. The number of hydrogen-bond donors (Lipinski definition) is 1. The molecule has 4 heterocycles. The number of carbonyl (C=O) groups is 1. The molecule has 1 aliphatic rings. The van der Waals surface area contributed by atoms with Crippen molar-refractivity contribution >= 4 is 5.91 Å². The summed E-state index contributed by atoms with van der Waals surface area (Å²) >= 11 is 0. The first kappa shape index (κ1) is 23.2. The molecule has 3 aromatic rings. The lowest BCUT2D eigenvalue weighted by molar-refractivity contribution is -0.141. The first-order chi connectivity index (χ1) is 15.0. The van der Waals surface area contributed by atoms with Crippen LogP contribution in [0.3, 0.4) is 0 Å². The zero-order chi connectivity index (χ0) is 23.5. The molecule has 0 fully saturated rings. The van der Waals surface area contributed by atoms with E-state index in [0.717, 1.165) is 35.3 Å².